The Kier molecular flexibility index (Phi) is 5.40. The lowest BCUT2D eigenvalue weighted by molar-refractivity contribution is 0.413. The first-order valence-corrected chi connectivity index (χ1v) is 6.71. The predicted molar refractivity (Wildman–Crippen MR) is 72.8 cm³/mol. The number of halogens is 2. The second-order valence-electron chi connectivity index (χ2n) is 3.18. The number of alkyl halides is 1. The minimum absolute atomic E-state index is 0.902. The van der Waals surface area contributed by atoms with Crippen LogP contribution in [0.1, 0.15) is 18.9 Å². The van der Waals surface area contributed by atoms with Crippen LogP contribution < -0.4 is 4.74 Å². The van der Waals surface area contributed by atoms with Gasteiger partial charge in [0, 0.05) is 15.4 Å². The van der Waals surface area contributed by atoms with Crippen molar-refractivity contribution in [2.75, 3.05) is 12.4 Å². The molecule has 3 heteroatoms. The summed E-state index contributed by atoms with van der Waals surface area (Å²) in [6.07, 6.45) is 3.21. The normalized spacial score (nSPS) is 11.6. The Morgan fingerprint density at radius 3 is 2.73 bits per heavy atom. The molecule has 0 heterocycles. The van der Waals surface area contributed by atoms with Crippen LogP contribution in [0.25, 0.3) is 6.08 Å². The van der Waals surface area contributed by atoms with Crippen LogP contribution in [0, 0.1) is 0 Å². The van der Waals surface area contributed by atoms with Crippen LogP contribution in [0.4, 0.5) is 0 Å². The van der Waals surface area contributed by atoms with Crippen LogP contribution in [-0.4, -0.2) is 12.4 Å². The van der Waals surface area contributed by atoms with Gasteiger partial charge in [-0.25, -0.2) is 0 Å². The third kappa shape index (κ3) is 3.65. The molecule has 0 fully saturated rings. The summed E-state index contributed by atoms with van der Waals surface area (Å²) in [6, 6.07) is 6.02. The molecule has 0 bridgehead atoms. The highest BCUT2D eigenvalue weighted by Crippen LogP contribution is 2.26. The van der Waals surface area contributed by atoms with E-state index in [-0.39, 0.29) is 0 Å². The van der Waals surface area contributed by atoms with Gasteiger partial charge in [-0.1, -0.05) is 50.4 Å². The quantitative estimate of drug-likeness (QED) is 0.729. The number of methoxy groups -OCH3 is 1. The van der Waals surface area contributed by atoms with Gasteiger partial charge in [0.25, 0.3) is 0 Å². The van der Waals surface area contributed by atoms with Crippen LogP contribution >= 0.6 is 31.9 Å². The van der Waals surface area contributed by atoms with Gasteiger partial charge < -0.3 is 4.74 Å². The standard InChI is InChI=1S/C12H14Br2O/c1-3-9(8-13)6-10-7-11(14)4-5-12(10)15-2/h4-7H,3,8H2,1-2H3. The zero-order chi connectivity index (χ0) is 11.3. The van der Waals surface area contributed by atoms with Crippen molar-refractivity contribution < 1.29 is 4.74 Å². The zero-order valence-electron chi connectivity index (χ0n) is 8.89. The lowest BCUT2D eigenvalue weighted by atomic mass is 10.1. The highest BCUT2D eigenvalue weighted by molar-refractivity contribution is 9.10. The molecular weight excluding hydrogens is 320 g/mol. The van der Waals surface area contributed by atoms with Gasteiger partial charge in [0.2, 0.25) is 0 Å². The summed E-state index contributed by atoms with van der Waals surface area (Å²) in [7, 11) is 1.69. The largest absolute Gasteiger partial charge is 0.496 e. The first kappa shape index (κ1) is 12.8. The average Bonchev–Trinajstić information content (AvgIpc) is 2.26. The van der Waals surface area contributed by atoms with E-state index in [1.54, 1.807) is 7.11 Å². The summed E-state index contributed by atoms with van der Waals surface area (Å²) >= 11 is 6.94. The van der Waals surface area contributed by atoms with E-state index in [1.807, 2.05) is 12.1 Å². The summed E-state index contributed by atoms with van der Waals surface area (Å²) in [5.41, 5.74) is 2.47. The molecule has 0 aliphatic carbocycles. The van der Waals surface area contributed by atoms with Crippen LogP contribution in [0.5, 0.6) is 5.75 Å². The minimum atomic E-state index is 0.902. The summed E-state index contributed by atoms with van der Waals surface area (Å²) in [6.45, 7) is 2.15. The van der Waals surface area contributed by atoms with Gasteiger partial charge in [0.05, 0.1) is 7.11 Å². The maximum atomic E-state index is 5.31. The second kappa shape index (κ2) is 6.33. The molecule has 15 heavy (non-hydrogen) atoms. The number of ether oxygens (including phenoxy) is 1. The average molecular weight is 334 g/mol. The molecule has 0 spiro atoms. The van der Waals surface area contributed by atoms with Crippen molar-refractivity contribution >= 4 is 37.9 Å². The fraction of sp³-hybridized carbons (Fsp3) is 0.333. The Labute approximate surface area is 108 Å². The molecule has 0 saturated heterocycles. The number of benzene rings is 1. The van der Waals surface area contributed by atoms with Crippen molar-refractivity contribution in [2.45, 2.75) is 13.3 Å². The van der Waals surface area contributed by atoms with Gasteiger partial charge in [-0.15, -0.1) is 0 Å². The Morgan fingerprint density at radius 1 is 1.47 bits per heavy atom. The molecule has 1 nitrogen and oxygen atoms in total. The number of rotatable bonds is 4. The highest BCUT2D eigenvalue weighted by Gasteiger charge is 2.02. The molecular formula is C12H14Br2O. The smallest absolute Gasteiger partial charge is 0.126 e. The van der Waals surface area contributed by atoms with Crippen LogP contribution in [-0.2, 0) is 0 Å². The summed E-state index contributed by atoms with van der Waals surface area (Å²) in [4.78, 5) is 0. The van der Waals surface area contributed by atoms with E-state index in [4.69, 9.17) is 4.74 Å². The number of hydrogen-bond donors (Lipinski definition) is 0. The molecule has 0 aliphatic rings. The maximum absolute atomic E-state index is 5.31. The van der Waals surface area contributed by atoms with E-state index in [0.717, 1.165) is 27.5 Å². The number of allylic oxidation sites excluding steroid dienone is 1. The summed E-state index contributed by atoms with van der Waals surface area (Å²) < 4.78 is 6.38. The summed E-state index contributed by atoms with van der Waals surface area (Å²) in [5.74, 6) is 0.908. The van der Waals surface area contributed by atoms with Crippen molar-refractivity contribution in [3.8, 4) is 5.75 Å². The molecule has 1 rings (SSSR count). The van der Waals surface area contributed by atoms with E-state index in [1.165, 1.54) is 5.57 Å². The van der Waals surface area contributed by atoms with Crippen molar-refractivity contribution in [3.63, 3.8) is 0 Å². The van der Waals surface area contributed by atoms with Gasteiger partial charge >= 0.3 is 0 Å². The Morgan fingerprint density at radius 2 is 2.20 bits per heavy atom. The Hall–Kier alpha value is -0.280. The molecule has 1 aromatic carbocycles. The molecule has 0 amide bonds. The Bertz CT molecular complexity index is 353. The SMILES string of the molecule is CCC(=Cc1cc(Br)ccc1OC)CBr. The zero-order valence-corrected chi connectivity index (χ0v) is 12.1. The van der Waals surface area contributed by atoms with E-state index in [2.05, 4.69) is 50.9 Å². The first-order chi connectivity index (χ1) is 7.21. The molecule has 0 unspecified atom stereocenters. The van der Waals surface area contributed by atoms with E-state index >= 15 is 0 Å². The van der Waals surface area contributed by atoms with Crippen LogP contribution in [0.2, 0.25) is 0 Å². The van der Waals surface area contributed by atoms with Gasteiger partial charge in [0.15, 0.2) is 0 Å². The van der Waals surface area contributed by atoms with Crippen molar-refractivity contribution in [2.24, 2.45) is 0 Å². The summed E-state index contributed by atoms with van der Waals surface area (Å²) in [5, 5.41) is 0.902. The molecule has 0 atom stereocenters. The van der Waals surface area contributed by atoms with Crippen molar-refractivity contribution in [1.82, 2.24) is 0 Å². The highest BCUT2D eigenvalue weighted by atomic mass is 79.9. The molecule has 1 aromatic rings. The lowest BCUT2D eigenvalue weighted by Gasteiger charge is -2.07. The molecule has 0 radical (unpaired) electrons. The number of hydrogen-bond acceptors (Lipinski definition) is 1. The van der Waals surface area contributed by atoms with E-state index in [0.29, 0.717) is 0 Å². The minimum Gasteiger partial charge on any atom is -0.496 e. The van der Waals surface area contributed by atoms with Gasteiger partial charge in [-0.2, -0.15) is 0 Å². The van der Waals surface area contributed by atoms with Gasteiger partial charge in [-0.05, 0) is 24.6 Å². The monoisotopic (exact) mass is 332 g/mol. The fourth-order valence-electron chi connectivity index (χ4n) is 1.27. The van der Waals surface area contributed by atoms with Gasteiger partial charge in [0.1, 0.15) is 5.75 Å². The van der Waals surface area contributed by atoms with Gasteiger partial charge in [-0.3, -0.25) is 0 Å². The van der Waals surface area contributed by atoms with Crippen molar-refractivity contribution in [3.05, 3.63) is 33.8 Å². The van der Waals surface area contributed by atoms with Crippen LogP contribution in [0.3, 0.4) is 0 Å². The molecule has 82 valence electrons. The molecule has 0 N–H and O–H groups in total. The second-order valence-corrected chi connectivity index (χ2v) is 4.65. The molecule has 0 aromatic heterocycles. The maximum Gasteiger partial charge on any atom is 0.126 e. The van der Waals surface area contributed by atoms with Crippen molar-refractivity contribution in [1.29, 1.82) is 0 Å². The third-order valence-electron chi connectivity index (χ3n) is 2.18. The first-order valence-electron chi connectivity index (χ1n) is 4.80. The predicted octanol–water partition coefficient (Wildman–Crippen LogP) is 4.65. The fourth-order valence-corrected chi connectivity index (χ4v) is 2.21. The lowest BCUT2D eigenvalue weighted by Crippen LogP contribution is -1.89. The molecule has 0 saturated carbocycles. The Balaban J connectivity index is 3.11. The third-order valence-corrected chi connectivity index (χ3v) is 3.39. The van der Waals surface area contributed by atoms with Crippen LogP contribution in [0.15, 0.2) is 28.2 Å². The topological polar surface area (TPSA) is 9.23 Å². The van der Waals surface area contributed by atoms with E-state index < -0.39 is 0 Å². The molecule has 0 aliphatic heterocycles. The van der Waals surface area contributed by atoms with E-state index in [9.17, 15) is 0 Å².